The summed E-state index contributed by atoms with van der Waals surface area (Å²) >= 11 is 0. The number of carbonyl (C=O) groups is 2. The molecule has 9 nitrogen and oxygen atoms in total. The lowest BCUT2D eigenvalue weighted by Crippen LogP contribution is -2.37. The minimum Gasteiger partial charge on any atom is -0.493 e. The molecular formula is C21H25N3O6S. The van der Waals surface area contributed by atoms with E-state index in [0.717, 1.165) is 4.31 Å². The van der Waals surface area contributed by atoms with Gasteiger partial charge in [-0.25, -0.2) is 12.7 Å². The second-order valence-corrected chi connectivity index (χ2v) is 9.38. The highest BCUT2D eigenvalue weighted by Crippen LogP contribution is 2.33. The van der Waals surface area contributed by atoms with Crippen LogP contribution in [0.25, 0.3) is 0 Å². The van der Waals surface area contributed by atoms with Gasteiger partial charge in [0.2, 0.25) is 15.9 Å². The van der Waals surface area contributed by atoms with Gasteiger partial charge < -0.3 is 19.7 Å². The normalized spacial score (nSPS) is 16.5. The first-order valence-corrected chi connectivity index (χ1v) is 11.0. The number of nitrogens with one attached hydrogen (secondary N) is 1. The van der Waals surface area contributed by atoms with Gasteiger partial charge in [-0.1, -0.05) is 0 Å². The number of benzene rings is 2. The van der Waals surface area contributed by atoms with Crippen LogP contribution in [-0.2, 0) is 14.8 Å². The van der Waals surface area contributed by atoms with Crippen LogP contribution in [0.4, 0.5) is 5.69 Å². The molecule has 1 saturated heterocycles. The first-order valence-electron chi connectivity index (χ1n) is 9.53. The van der Waals surface area contributed by atoms with Crippen LogP contribution in [0, 0.1) is 0 Å². The summed E-state index contributed by atoms with van der Waals surface area (Å²) in [6, 6.07) is 10.5. The van der Waals surface area contributed by atoms with Crippen LogP contribution in [0.3, 0.4) is 0 Å². The van der Waals surface area contributed by atoms with E-state index in [0.29, 0.717) is 29.3 Å². The maximum absolute atomic E-state index is 12.6. The van der Waals surface area contributed by atoms with E-state index < -0.39 is 10.0 Å². The maximum Gasteiger partial charge on any atom is 0.251 e. The monoisotopic (exact) mass is 447 g/mol. The van der Waals surface area contributed by atoms with E-state index in [9.17, 15) is 18.0 Å². The van der Waals surface area contributed by atoms with Crippen LogP contribution in [0.2, 0.25) is 0 Å². The first kappa shape index (κ1) is 22.6. The van der Waals surface area contributed by atoms with Gasteiger partial charge in [-0.15, -0.1) is 0 Å². The zero-order valence-corrected chi connectivity index (χ0v) is 18.6. The quantitative estimate of drug-likeness (QED) is 0.690. The number of carbonyl (C=O) groups excluding carboxylic acids is 2. The van der Waals surface area contributed by atoms with Crippen LogP contribution < -0.4 is 19.7 Å². The zero-order chi connectivity index (χ0) is 22.8. The smallest absolute Gasteiger partial charge is 0.251 e. The van der Waals surface area contributed by atoms with Crippen LogP contribution in [0.15, 0.2) is 47.4 Å². The lowest BCUT2D eigenvalue weighted by Gasteiger charge is -2.19. The van der Waals surface area contributed by atoms with Crippen molar-refractivity contribution in [2.75, 3.05) is 39.8 Å². The Kier molecular flexibility index (Phi) is 6.51. The Bertz CT molecular complexity index is 1080. The average molecular weight is 448 g/mol. The van der Waals surface area contributed by atoms with E-state index in [1.807, 2.05) is 0 Å². The maximum atomic E-state index is 12.6. The lowest BCUT2D eigenvalue weighted by molar-refractivity contribution is -0.117. The van der Waals surface area contributed by atoms with Crippen molar-refractivity contribution in [3.8, 4) is 11.5 Å². The van der Waals surface area contributed by atoms with Gasteiger partial charge in [0, 0.05) is 44.4 Å². The Hall–Kier alpha value is -3.11. The molecule has 0 saturated carbocycles. The topological polar surface area (TPSA) is 105 Å². The molecular weight excluding hydrogens is 422 g/mol. The van der Waals surface area contributed by atoms with Gasteiger partial charge in [0.25, 0.3) is 5.91 Å². The van der Waals surface area contributed by atoms with Crippen molar-refractivity contribution in [2.45, 2.75) is 17.4 Å². The van der Waals surface area contributed by atoms with E-state index in [-0.39, 0.29) is 29.2 Å². The third kappa shape index (κ3) is 4.64. The summed E-state index contributed by atoms with van der Waals surface area (Å²) in [6.45, 7) is 0.313. The Morgan fingerprint density at radius 1 is 1.06 bits per heavy atom. The van der Waals surface area contributed by atoms with Crippen molar-refractivity contribution in [3.05, 3.63) is 48.0 Å². The van der Waals surface area contributed by atoms with Crippen LogP contribution in [0.1, 0.15) is 16.8 Å². The molecule has 10 heteroatoms. The highest BCUT2D eigenvalue weighted by molar-refractivity contribution is 7.89. The first-order chi connectivity index (χ1) is 14.7. The molecule has 1 fully saturated rings. The Morgan fingerprint density at radius 3 is 2.29 bits per heavy atom. The molecule has 0 spiro atoms. The summed E-state index contributed by atoms with van der Waals surface area (Å²) in [6.07, 6.45) is 0.160. The molecule has 1 N–H and O–H groups in total. The average Bonchev–Trinajstić information content (AvgIpc) is 3.12. The molecule has 3 rings (SSSR count). The molecule has 0 aromatic heterocycles. The van der Waals surface area contributed by atoms with E-state index in [4.69, 9.17) is 9.47 Å². The fourth-order valence-corrected chi connectivity index (χ4v) is 4.21. The molecule has 1 atom stereocenters. The fraction of sp³-hybridized carbons (Fsp3) is 0.333. The second-order valence-electron chi connectivity index (χ2n) is 7.23. The van der Waals surface area contributed by atoms with Crippen LogP contribution >= 0.6 is 0 Å². The summed E-state index contributed by atoms with van der Waals surface area (Å²) < 4.78 is 35.9. The van der Waals surface area contributed by atoms with Crippen molar-refractivity contribution in [1.82, 2.24) is 9.62 Å². The van der Waals surface area contributed by atoms with Gasteiger partial charge in [0.1, 0.15) is 0 Å². The van der Waals surface area contributed by atoms with Crippen LogP contribution in [-0.4, -0.2) is 65.4 Å². The van der Waals surface area contributed by atoms with E-state index in [1.165, 1.54) is 52.6 Å². The number of nitrogens with zero attached hydrogens (tertiary/aromatic N) is 2. The van der Waals surface area contributed by atoms with Crippen molar-refractivity contribution in [1.29, 1.82) is 0 Å². The van der Waals surface area contributed by atoms with Crippen molar-refractivity contribution >= 4 is 27.5 Å². The summed E-state index contributed by atoms with van der Waals surface area (Å²) in [5, 5.41) is 2.84. The van der Waals surface area contributed by atoms with Gasteiger partial charge >= 0.3 is 0 Å². The Morgan fingerprint density at radius 2 is 1.71 bits per heavy atom. The standard InChI is InChI=1S/C21H25N3O6S/c1-23(2)31(27,28)17-8-5-14(6-9-17)21(26)22-15-11-20(25)24(13-15)16-7-10-18(29-3)19(12-16)30-4/h5-10,12,15H,11,13H2,1-4H3,(H,22,26)/t15-/m1/s1. The predicted octanol–water partition coefficient (Wildman–Crippen LogP) is 1.49. The number of methoxy groups -OCH3 is 2. The largest absolute Gasteiger partial charge is 0.493 e. The highest BCUT2D eigenvalue weighted by Gasteiger charge is 2.32. The number of anilines is 1. The fourth-order valence-electron chi connectivity index (χ4n) is 3.30. The lowest BCUT2D eigenvalue weighted by atomic mass is 10.2. The van der Waals surface area contributed by atoms with Gasteiger partial charge in [0.15, 0.2) is 11.5 Å². The third-order valence-corrected chi connectivity index (χ3v) is 6.86. The van der Waals surface area contributed by atoms with Crippen molar-refractivity contribution < 1.29 is 27.5 Å². The summed E-state index contributed by atoms with van der Waals surface area (Å²) in [7, 11) is 2.37. The van der Waals surface area contributed by atoms with E-state index >= 15 is 0 Å². The molecule has 166 valence electrons. The van der Waals surface area contributed by atoms with E-state index in [2.05, 4.69) is 5.32 Å². The predicted molar refractivity (Wildman–Crippen MR) is 115 cm³/mol. The zero-order valence-electron chi connectivity index (χ0n) is 17.8. The van der Waals surface area contributed by atoms with Gasteiger partial charge in [-0.2, -0.15) is 0 Å². The molecule has 2 amide bonds. The summed E-state index contributed by atoms with van der Waals surface area (Å²) in [4.78, 5) is 26.8. The molecule has 1 heterocycles. The SMILES string of the molecule is COc1ccc(N2C[C@H](NC(=O)c3ccc(S(=O)(=O)N(C)C)cc3)CC2=O)cc1OC. The van der Waals surface area contributed by atoms with E-state index in [1.54, 1.807) is 23.1 Å². The molecule has 2 aromatic rings. The summed E-state index contributed by atoms with van der Waals surface area (Å²) in [5.41, 5.74) is 0.965. The van der Waals surface area contributed by atoms with Crippen molar-refractivity contribution in [3.63, 3.8) is 0 Å². The molecule has 1 aliphatic rings. The van der Waals surface area contributed by atoms with Gasteiger partial charge in [-0.05, 0) is 36.4 Å². The molecule has 0 radical (unpaired) electrons. The molecule has 0 unspecified atom stereocenters. The number of hydrogen-bond acceptors (Lipinski definition) is 6. The van der Waals surface area contributed by atoms with Crippen LogP contribution in [0.5, 0.6) is 11.5 Å². The molecule has 0 bridgehead atoms. The van der Waals surface area contributed by atoms with Crippen molar-refractivity contribution in [2.24, 2.45) is 0 Å². The number of rotatable bonds is 7. The second kappa shape index (κ2) is 8.94. The Labute approximate surface area is 181 Å². The summed E-state index contributed by atoms with van der Waals surface area (Å²) in [5.74, 6) is 0.571. The van der Waals surface area contributed by atoms with Gasteiger partial charge in [-0.3, -0.25) is 9.59 Å². The molecule has 0 aliphatic carbocycles. The molecule has 1 aliphatic heterocycles. The minimum atomic E-state index is -3.57. The number of ether oxygens (including phenoxy) is 2. The molecule has 31 heavy (non-hydrogen) atoms. The minimum absolute atomic E-state index is 0.102. The van der Waals surface area contributed by atoms with Gasteiger partial charge in [0.05, 0.1) is 25.2 Å². The highest BCUT2D eigenvalue weighted by atomic mass is 32.2. The molecule has 2 aromatic carbocycles. The number of sulfonamides is 1. The number of amides is 2. The Balaban J connectivity index is 1.69. The number of hydrogen-bond donors (Lipinski definition) is 1. The third-order valence-electron chi connectivity index (χ3n) is 5.03.